The van der Waals surface area contributed by atoms with Crippen molar-refractivity contribution in [1.29, 1.82) is 0 Å². The minimum absolute atomic E-state index is 0.142. The van der Waals surface area contributed by atoms with Crippen molar-refractivity contribution in [2.75, 3.05) is 27.4 Å². The van der Waals surface area contributed by atoms with Gasteiger partial charge in [-0.25, -0.2) is 0 Å². The molecule has 0 aromatic carbocycles. The molecule has 0 aliphatic rings. The predicted molar refractivity (Wildman–Crippen MR) is 69.9 cm³/mol. The second kappa shape index (κ2) is 6.56. The van der Waals surface area contributed by atoms with Crippen LogP contribution in [0.15, 0.2) is 12.3 Å². The molecule has 1 aromatic rings. The molecule has 1 rings (SSSR count). The maximum Gasteiger partial charge on any atom is 0.183 e. The van der Waals surface area contributed by atoms with Gasteiger partial charge in [-0.2, -0.15) is 0 Å². The van der Waals surface area contributed by atoms with E-state index in [0.29, 0.717) is 24.6 Å². The number of hydrogen-bond acceptors (Lipinski definition) is 5. The average molecular weight is 254 g/mol. The van der Waals surface area contributed by atoms with Gasteiger partial charge in [0.1, 0.15) is 0 Å². The first-order chi connectivity index (χ1) is 8.54. The largest absolute Gasteiger partial charge is 0.493 e. The Balaban J connectivity index is 2.67. The fourth-order valence-corrected chi connectivity index (χ4v) is 1.55. The van der Waals surface area contributed by atoms with Gasteiger partial charge in [0.05, 0.1) is 19.9 Å². The summed E-state index contributed by atoms with van der Waals surface area (Å²) < 4.78 is 10.5. The highest BCUT2D eigenvalue weighted by Gasteiger charge is 2.17. The number of ether oxygens (including phenoxy) is 2. The van der Waals surface area contributed by atoms with Crippen molar-refractivity contribution in [1.82, 2.24) is 10.3 Å². The number of nitrogens with zero attached hydrogens (tertiary/aromatic N) is 1. The number of pyridine rings is 1. The molecular weight excluding hydrogens is 232 g/mol. The van der Waals surface area contributed by atoms with Crippen LogP contribution in [-0.4, -0.2) is 37.5 Å². The molecule has 0 aliphatic carbocycles. The first kappa shape index (κ1) is 14.7. The number of aliphatic hydroxyl groups is 1. The number of aromatic nitrogens is 1. The van der Waals surface area contributed by atoms with Gasteiger partial charge in [0.2, 0.25) is 0 Å². The Morgan fingerprint density at radius 3 is 2.61 bits per heavy atom. The van der Waals surface area contributed by atoms with E-state index in [1.165, 1.54) is 0 Å². The van der Waals surface area contributed by atoms with E-state index < -0.39 is 0 Å². The van der Waals surface area contributed by atoms with E-state index in [-0.39, 0.29) is 12.0 Å². The second-order valence-electron chi connectivity index (χ2n) is 4.92. The third-order valence-corrected chi connectivity index (χ3v) is 2.69. The smallest absolute Gasteiger partial charge is 0.183 e. The molecule has 5 heteroatoms. The highest BCUT2D eigenvalue weighted by molar-refractivity contribution is 5.42. The lowest BCUT2D eigenvalue weighted by atomic mass is 9.95. The SMILES string of the molecule is COc1ccnc(CNCC(C)(C)CO)c1OC. The molecule has 0 amide bonds. The van der Waals surface area contributed by atoms with Crippen LogP contribution >= 0.6 is 0 Å². The lowest BCUT2D eigenvalue weighted by Crippen LogP contribution is -2.32. The van der Waals surface area contributed by atoms with Crippen LogP contribution in [0.2, 0.25) is 0 Å². The maximum absolute atomic E-state index is 9.17. The second-order valence-corrected chi connectivity index (χ2v) is 4.92. The van der Waals surface area contributed by atoms with Crippen LogP contribution in [0.3, 0.4) is 0 Å². The molecule has 0 aliphatic heterocycles. The summed E-state index contributed by atoms with van der Waals surface area (Å²) in [6.07, 6.45) is 1.69. The number of aliphatic hydroxyl groups excluding tert-OH is 1. The van der Waals surface area contributed by atoms with Crippen molar-refractivity contribution < 1.29 is 14.6 Å². The molecule has 0 saturated carbocycles. The summed E-state index contributed by atoms with van der Waals surface area (Å²) in [5.74, 6) is 1.32. The van der Waals surface area contributed by atoms with Gasteiger partial charge in [0, 0.05) is 37.4 Å². The molecule has 2 N–H and O–H groups in total. The first-order valence-electron chi connectivity index (χ1n) is 5.91. The van der Waals surface area contributed by atoms with Gasteiger partial charge in [-0.05, 0) is 0 Å². The summed E-state index contributed by atoms with van der Waals surface area (Å²) in [6.45, 7) is 5.41. The lowest BCUT2D eigenvalue weighted by Gasteiger charge is -2.22. The summed E-state index contributed by atoms with van der Waals surface area (Å²) in [5, 5.41) is 12.4. The zero-order valence-electron chi connectivity index (χ0n) is 11.5. The third kappa shape index (κ3) is 3.85. The van der Waals surface area contributed by atoms with Crippen molar-refractivity contribution in [3.8, 4) is 11.5 Å². The zero-order valence-corrected chi connectivity index (χ0v) is 11.5. The third-order valence-electron chi connectivity index (χ3n) is 2.69. The Hall–Kier alpha value is -1.33. The Labute approximate surface area is 108 Å². The van der Waals surface area contributed by atoms with E-state index in [0.717, 1.165) is 5.69 Å². The highest BCUT2D eigenvalue weighted by atomic mass is 16.5. The molecule has 0 atom stereocenters. The van der Waals surface area contributed by atoms with E-state index in [2.05, 4.69) is 10.3 Å². The van der Waals surface area contributed by atoms with Gasteiger partial charge in [-0.1, -0.05) is 13.8 Å². The van der Waals surface area contributed by atoms with Crippen molar-refractivity contribution >= 4 is 0 Å². The van der Waals surface area contributed by atoms with Gasteiger partial charge in [0.25, 0.3) is 0 Å². The van der Waals surface area contributed by atoms with Crippen LogP contribution in [-0.2, 0) is 6.54 Å². The van der Waals surface area contributed by atoms with Crippen molar-refractivity contribution in [2.45, 2.75) is 20.4 Å². The normalized spacial score (nSPS) is 11.4. The van der Waals surface area contributed by atoms with E-state index >= 15 is 0 Å². The zero-order chi connectivity index (χ0) is 13.6. The molecule has 102 valence electrons. The van der Waals surface area contributed by atoms with Crippen LogP contribution in [0, 0.1) is 5.41 Å². The van der Waals surface area contributed by atoms with Gasteiger partial charge in [-0.3, -0.25) is 4.98 Å². The van der Waals surface area contributed by atoms with Gasteiger partial charge in [0.15, 0.2) is 11.5 Å². The Morgan fingerprint density at radius 2 is 2.06 bits per heavy atom. The summed E-state index contributed by atoms with van der Waals surface area (Å²) in [7, 11) is 3.20. The number of nitrogens with one attached hydrogen (secondary N) is 1. The number of rotatable bonds is 7. The molecule has 0 saturated heterocycles. The lowest BCUT2D eigenvalue weighted by molar-refractivity contribution is 0.156. The van der Waals surface area contributed by atoms with Crippen molar-refractivity contribution in [2.24, 2.45) is 5.41 Å². The first-order valence-corrected chi connectivity index (χ1v) is 5.91. The standard InChI is InChI=1S/C13H22N2O3/c1-13(2,9-16)8-14-7-10-12(18-4)11(17-3)5-6-15-10/h5-6,14,16H,7-9H2,1-4H3. The van der Waals surface area contributed by atoms with Crippen LogP contribution in [0.25, 0.3) is 0 Å². The fourth-order valence-electron chi connectivity index (χ4n) is 1.55. The molecule has 1 heterocycles. The molecule has 5 nitrogen and oxygen atoms in total. The van der Waals surface area contributed by atoms with E-state index in [1.54, 1.807) is 26.5 Å². The van der Waals surface area contributed by atoms with Gasteiger partial charge < -0.3 is 19.9 Å². The summed E-state index contributed by atoms with van der Waals surface area (Å²) >= 11 is 0. The van der Waals surface area contributed by atoms with Crippen LogP contribution in [0.4, 0.5) is 0 Å². The molecule has 0 bridgehead atoms. The minimum Gasteiger partial charge on any atom is -0.493 e. The fraction of sp³-hybridized carbons (Fsp3) is 0.615. The van der Waals surface area contributed by atoms with Crippen LogP contribution in [0.5, 0.6) is 11.5 Å². The Kier molecular flexibility index (Phi) is 5.37. The Bertz CT molecular complexity index is 380. The monoisotopic (exact) mass is 254 g/mol. The van der Waals surface area contributed by atoms with Crippen molar-refractivity contribution in [3.05, 3.63) is 18.0 Å². The van der Waals surface area contributed by atoms with E-state index in [1.807, 2.05) is 13.8 Å². The minimum atomic E-state index is -0.147. The van der Waals surface area contributed by atoms with Crippen LogP contribution < -0.4 is 14.8 Å². The predicted octanol–water partition coefficient (Wildman–Crippen LogP) is 1.21. The van der Waals surface area contributed by atoms with E-state index in [4.69, 9.17) is 9.47 Å². The number of methoxy groups -OCH3 is 2. The average Bonchev–Trinajstić information content (AvgIpc) is 2.38. The summed E-state index contributed by atoms with van der Waals surface area (Å²) in [5.41, 5.74) is 0.650. The summed E-state index contributed by atoms with van der Waals surface area (Å²) in [6, 6.07) is 1.76. The van der Waals surface area contributed by atoms with Gasteiger partial charge >= 0.3 is 0 Å². The maximum atomic E-state index is 9.17. The molecule has 18 heavy (non-hydrogen) atoms. The highest BCUT2D eigenvalue weighted by Crippen LogP contribution is 2.28. The topological polar surface area (TPSA) is 63.6 Å². The molecule has 0 spiro atoms. The van der Waals surface area contributed by atoms with E-state index in [9.17, 15) is 5.11 Å². The number of hydrogen-bond donors (Lipinski definition) is 2. The molecular formula is C13H22N2O3. The Morgan fingerprint density at radius 1 is 1.33 bits per heavy atom. The molecule has 0 unspecified atom stereocenters. The summed E-state index contributed by atoms with van der Waals surface area (Å²) in [4.78, 5) is 4.27. The molecule has 0 radical (unpaired) electrons. The molecule has 0 fully saturated rings. The molecule has 1 aromatic heterocycles. The van der Waals surface area contributed by atoms with Gasteiger partial charge in [-0.15, -0.1) is 0 Å². The van der Waals surface area contributed by atoms with Crippen molar-refractivity contribution in [3.63, 3.8) is 0 Å². The van der Waals surface area contributed by atoms with Crippen LogP contribution in [0.1, 0.15) is 19.5 Å². The quantitative estimate of drug-likeness (QED) is 0.765.